The molecule has 0 atom stereocenters. The maximum atomic E-state index is 9.61. The molecule has 3 saturated carbocycles. The largest absolute Gasteiger partial charge is 0.396 e. The second kappa shape index (κ2) is 40.3. The number of rotatable bonds is 40. The molecule has 0 aromatic rings. The highest BCUT2D eigenvalue weighted by Crippen LogP contribution is 2.33. The van der Waals surface area contributed by atoms with Crippen LogP contribution in [0.1, 0.15) is 117 Å². The summed E-state index contributed by atoms with van der Waals surface area (Å²) in [6, 6.07) is 0. The Morgan fingerprint density at radius 3 is 0.632 bits per heavy atom. The predicted octanol–water partition coefficient (Wildman–Crippen LogP) is -1.12. The van der Waals surface area contributed by atoms with Gasteiger partial charge >= 0.3 is 0 Å². The fraction of sp³-hybridized carbons (Fsp3) is 1.00. The van der Waals surface area contributed by atoms with Gasteiger partial charge in [0.2, 0.25) is 0 Å². The Balaban J connectivity index is 0.000000571. The summed E-state index contributed by atoms with van der Waals surface area (Å²) in [5.41, 5.74) is -5.08. The van der Waals surface area contributed by atoms with Crippen LogP contribution in [0.3, 0.4) is 0 Å². The zero-order valence-electron chi connectivity index (χ0n) is 46.4. The topological polar surface area (TPSA) is 379 Å². The zero-order valence-corrected chi connectivity index (χ0v) is 46.4. The molecule has 0 spiro atoms. The molecule has 0 aromatic heterocycles. The van der Waals surface area contributed by atoms with Crippen LogP contribution in [-0.2, 0) is 28.4 Å². The molecule has 3 aliphatic carbocycles. The van der Waals surface area contributed by atoms with Crippen LogP contribution in [-0.4, -0.2) is 265 Å². The van der Waals surface area contributed by atoms with E-state index < -0.39 is 32.5 Å². The maximum absolute atomic E-state index is 9.61. The fourth-order valence-corrected chi connectivity index (χ4v) is 9.31. The molecule has 3 rings (SSSR count). The van der Waals surface area contributed by atoms with E-state index in [1.807, 2.05) is 13.8 Å². The van der Waals surface area contributed by atoms with Crippen LogP contribution in [0.25, 0.3) is 0 Å². The highest BCUT2D eigenvalue weighted by Gasteiger charge is 2.36. The standard InChI is InChI=1S/C20H40O6.C18H36O8.C16H32O8/c1-3-9-19(11-21,12-22)15-25-17-5-7-18(8-6-17)26-16-20(13-23,14-24)10-4-2;19-7-17(8-20,9-21)13-25-5-15-1-2-16(4-3-15)6-26-14-18(10-22,11-23)12-24;17-5-15(6-18,7-19)11-23-13-1-2-14(4-3-13)24-12-16(8-20,9-21)10-22/h17-18,21-24H,3-16H2,1-2H3;15-16,19-24H,1-14H2;13-14,17-22H,1-12H2. The van der Waals surface area contributed by atoms with Crippen molar-refractivity contribution >= 4 is 0 Å². The number of hydrogen-bond acceptors (Lipinski definition) is 22. The zero-order chi connectivity index (χ0) is 57.0. The van der Waals surface area contributed by atoms with Crippen LogP contribution >= 0.6 is 0 Å². The monoisotopic (exact) mass is 1110 g/mol. The Morgan fingerprint density at radius 2 is 0.447 bits per heavy atom. The minimum absolute atomic E-state index is 0.0212. The molecule has 0 saturated heterocycles. The van der Waals surface area contributed by atoms with Gasteiger partial charge in [0.15, 0.2) is 0 Å². The number of ether oxygens (including phenoxy) is 6. The van der Waals surface area contributed by atoms with Crippen molar-refractivity contribution in [3.05, 3.63) is 0 Å². The first-order valence-electron chi connectivity index (χ1n) is 27.9. The Morgan fingerprint density at radius 1 is 0.263 bits per heavy atom. The lowest BCUT2D eigenvalue weighted by Crippen LogP contribution is -2.42. The molecule has 76 heavy (non-hydrogen) atoms. The molecule has 0 aliphatic heterocycles. The van der Waals surface area contributed by atoms with Gasteiger partial charge in [-0.3, -0.25) is 0 Å². The van der Waals surface area contributed by atoms with Gasteiger partial charge in [0.1, 0.15) is 0 Å². The number of aliphatic hydroxyl groups excluding tert-OH is 16. The maximum Gasteiger partial charge on any atom is 0.0629 e. The summed E-state index contributed by atoms with van der Waals surface area (Å²) in [4.78, 5) is 0. The van der Waals surface area contributed by atoms with E-state index in [0.717, 1.165) is 103 Å². The van der Waals surface area contributed by atoms with E-state index in [-0.39, 0.29) is 157 Å². The van der Waals surface area contributed by atoms with Crippen LogP contribution < -0.4 is 0 Å². The second-order valence-corrected chi connectivity index (χ2v) is 23.0. The molecule has 3 fully saturated rings. The van der Waals surface area contributed by atoms with Gasteiger partial charge in [-0.1, -0.05) is 26.7 Å². The van der Waals surface area contributed by atoms with Gasteiger partial charge in [0, 0.05) is 24.0 Å². The van der Waals surface area contributed by atoms with Crippen molar-refractivity contribution in [2.24, 2.45) is 44.3 Å². The van der Waals surface area contributed by atoms with Gasteiger partial charge in [0.05, 0.1) is 191 Å². The van der Waals surface area contributed by atoms with E-state index in [2.05, 4.69) is 0 Å². The molecule has 456 valence electrons. The van der Waals surface area contributed by atoms with E-state index in [1.165, 1.54) is 0 Å². The average molecular weight is 1110 g/mol. The molecule has 22 heteroatoms. The summed E-state index contributed by atoms with van der Waals surface area (Å²) in [7, 11) is 0. The smallest absolute Gasteiger partial charge is 0.0629 e. The fourth-order valence-electron chi connectivity index (χ4n) is 9.31. The van der Waals surface area contributed by atoms with Crippen molar-refractivity contribution in [3.8, 4) is 0 Å². The van der Waals surface area contributed by atoms with E-state index >= 15 is 0 Å². The lowest BCUT2D eigenvalue weighted by molar-refractivity contribution is -0.113. The van der Waals surface area contributed by atoms with Crippen LogP contribution in [0.4, 0.5) is 0 Å². The third-order valence-electron chi connectivity index (χ3n) is 16.2. The van der Waals surface area contributed by atoms with Crippen LogP contribution in [0.2, 0.25) is 0 Å². The van der Waals surface area contributed by atoms with Crippen LogP contribution in [0, 0.1) is 44.3 Å². The van der Waals surface area contributed by atoms with E-state index in [0.29, 0.717) is 38.3 Å². The first kappa shape index (κ1) is 73.1. The minimum Gasteiger partial charge on any atom is -0.396 e. The van der Waals surface area contributed by atoms with Gasteiger partial charge < -0.3 is 110 Å². The summed E-state index contributed by atoms with van der Waals surface area (Å²) in [6.45, 7) is 2.18. The van der Waals surface area contributed by atoms with Crippen molar-refractivity contribution < 1.29 is 110 Å². The lowest BCUT2D eigenvalue weighted by atomic mass is 9.82. The molecular weight excluding hydrogens is 1000 g/mol. The highest BCUT2D eigenvalue weighted by molar-refractivity contribution is 4.85. The van der Waals surface area contributed by atoms with Crippen molar-refractivity contribution in [1.29, 1.82) is 0 Å². The third-order valence-corrected chi connectivity index (χ3v) is 16.2. The first-order valence-corrected chi connectivity index (χ1v) is 27.9. The molecule has 0 bridgehead atoms. The summed E-state index contributed by atoms with van der Waals surface area (Å²) in [5.74, 6) is 0.817. The number of hydrogen-bond donors (Lipinski definition) is 16. The van der Waals surface area contributed by atoms with Crippen molar-refractivity contribution in [2.45, 2.75) is 141 Å². The quantitative estimate of drug-likeness (QED) is 0.0346. The molecule has 0 amide bonds. The van der Waals surface area contributed by atoms with Crippen molar-refractivity contribution in [1.82, 2.24) is 0 Å². The van der Waals surface area contributed by atoms with Gasteiger partial charge in [-0.2, -0.15) is 0 Å². The molecule has 0 unspecified atom stereocenters. The summed E-state index contributed by atoms with van der Waals surface area (Å²) >= 11 is 0. The van der Waals surface area contributed by atoms with Gasteiger partial charge in [-0.15, -0.1) is 0 Å². The van der Waals surface area contributed by atoms with Gasteiger partial charge in [-0.05, 0) is 102 Å². The van der Waals surface area contributed by atoms with Crippen molar-refractivity contribution in [2.75, 3.05) is 159 Å². The summed E-state index contributed by atoms with van der Waals surface area (Å²) in [5, 5.41) is 150. The SMILES string of the molecule is CCCC(CO)(CO)COC1CCC(OCC(CO)(CO)CCC)CC1.OCC(CO)(CO)COC1CCC(OCC(CO)(CO)CO)CC1.OCC(CO)(CO)COCC1CCC(COCC(CO)(CO)CO)CC1. The molecule has 16 N–H and O–H groups in total. The van der Waals surface area contributed by atoms with E-state index in [9.17, 15) is 81.7 Å². The van der Waals surface area contributed by atoms with E-state index in [4.69, 9.17) is 28.4 Å². The van der Waals surface area contributed by atoms with Crippen LogP contribution in [0.15, 0.2) is 0 Å². The summed E-state index contributed by atoms with van der Waals surface area (Å²) in [6.07, 6.45) is 14.0. The van der Waals surface area contributed by atoms with Crippen molar-refractivity contribution in [3.63, 3.8) is 0 Å². The van der Waals surface area contributed by atoms with Crippen LogP contribution in [0.5, 0.6) is 0 Å². The third kappa shape index (κ3) is 25.1. The molecular formula is C54H108O22. The Labute approximate surface area is 452 Å². The lowest BCUT2D eigenvalue weighted by Gasteiger charge is -2.35. The molecule has 0 aromatic carbocycles. The Bertz CT molecular complexity index is 1200. The van der Waals surface area contributed by atoms with Gasteiger partial charge in [-0.25, -0.2) is 0 Å². The molecule has 22 nitrogen and oxygen atoms in total. The Hall–Kier alpha value is -0.880. The predicted molar refractivity (Wildman–Crippen MR) is 281 cm³/mol. The minimum atomic E-state index is -1.02. The average Bonchev–Trinajstić information content (AvgIpc) is 3.48. The molecule has 0 radical (unpaired) electrons. The van der Waals surface area contributed by atoms with E-state index in [1.54, 1.807) is 0 Å². The Kier molecular flexibility index (Phi) is 38.8. The van der Waals surface area contributed by atoms with Gasteiger partial charge in [0.25, 0.3) is 0 Å². The highest BCUT2D eigenvalue weighted by atomic mass is 16.5. The molecule has 0 heterocycles. The summed E-state index contributed by atoms with van der Waals surface area (Å²) < 4.78 is 34.7. The normalized spacial score (nSPS) is 22.2. The second-order valence-electron chi connectivity index (χ2n) is 23.0. The number of aliphatic hydroxyl groups is 16. The first-order chi connectivity index (χ1) is 36.6. The molecule has 3 aliphatic rings.